The number of aromatic nitrogens is 1. The molecule has 1 N–H and O–H groups in total. The lowest BCUT2D eigenvalue weighted by Crippen LogP contribution is -2.26. The largest absolute Gasteiger partial charge is 0.460 e. The number of nitro benzene ring substituents is 1. The van der Waals surface area contributed by atoms with Crippen molar-refractivity contribution in [2.24, 2.45) is 0 Å². The van der Waals surface area contributed by atoms with Crippen molar-refractivity contribution in [1.82, 2.24) is 4.98 Å². The highest BCUT2D eigenvalue weighted by Crippen LogP contribution is 2.52. The molecule has 0 amide bonds. The summed E-state index contributed by atoms with van der Waals surface area (Å²) in [6.07, 6.45) is 0. The maximum Gasteiger partial charge on any atom is 0.305 e. The van der Waals surface area contributed by atoms with Gasteiger partial charge in [-0.25, -0.2) is 0 Å². The zero-order chi connectivity index (χ0) is 23.6. The van der Waals surface area contributed by atoms with Gasteiger partial charge in [0.05, 0.1) is 25.6 Å². The first kappa shape index (κ1) is 20.6. The van der Waals surface area contributed by atoms with Gasteiger partial charge < -0.3 is 9.40 Å². The van der Waals surface area contributed by atoms with E-state index in [0.717, 1.165) is 23.1 Å². The van der Waals surface area contributed by atoms with Crippen LogP contribution in [0.25, 0.3) is 11.3 Å². The molecule has 8 nitrogen and oxygen atoms in total. The Hall–Kier alpha value is -4.02. The lowest BCUT2D eigenvalue weighted by Gasteiger charge is -2.28. The maximum absolute atomic E-state index is 13.6. The fraction of sp³-hybridized carbons (Fsp3) is 0.0417. The summed E-state index contributed by atoms with van der Waals surface area (Å²) >= 11 is 2.08. The summed E-state index contributed by atoms with van der Waals surface area (Å²) in [6.45, 7) is 0. The van der Waals surface area contributed by atoms with Gasteiger partial charge in [0.1, 0.15) is 11.5 Å². The molecule has 3 heterocycles. The molecule has 2 aromatic carbocycles. The van der Waals surface area contributed by atoms with Gasteiger partial charge in [0, 0.05) is 34.4 Å². The Labute approximate surface area is 199 Å². The number of hydrogen-bond donors (Lipinski definition) is 1. The van der Waals surface area contributed by atoms with E-state index in [1.165, 1.54) is 12.1 Å². The number of allylic oxidation sites excluding steroid dienone is 2. The number of rotatable bonds is 3. The molecule has 0 saturated heterocycles. The Kier molecular flexibility index (Phi) is 4.54. The van der Waals surface area contributed by atoms with E-state index >= 15 is 0 Å². The number of Topliss-reactive ketones (excluding diaryl/α,β-unsaturated/α-hetero) is 2. The van der Waals surface area contributed by atoms with Crippen molar-refractivity contribution in [3.05, 3.63) is 113 Å². The van der Waals surface area contributed by atoms with Crippen LogP contribution < -0.4 is 4.87 Å². The summed E-state index contributed by atoms with van der Waals surface area (Å²) in [5, 5.41) is 11.5. The normalized spacial score (nSPS) is 16.8. The zero-order valence-corrected chi connectivity index (χ0v) is 18.7. The van der Waals surface area contributed by atoms with Crippen LogP contribution in [0.2, 0.25) is 0 Å². The number of hydrogen-bond acceptors (Lipinski definition) is 8. The minimum absolute atomic E-state index is 0.0404. The number of non-ortho nitro benzene ring substituents is 1. The quantitative estimate of drug-likeness (QED) is 0.311. The lowest BCUT2D eigenvalue weighted by molar-refractivity contribution is -0.384. The van der Waals surface area contributed by atoms with Crippen LogP contribution in [0.15, 0.2) is 85.4 Å². The fourth-order valence-electron chi connectivity index (χ4n) is 4.24. The number of furan rings is 1. The van der Waals surface area contributed by atoms with Crippen molar-refractivity contribution in [1.29, 1.82) is 0 Å². The summed E-state index contributed by atoms with van der Waals surface area (Å²) in [6, 6.07) is 16.0. The molecule has 2 aliphatic rings. The molecular formula is C24H12N2O6S2. The molecule has 2 aromatic heterocycles. The standard InChI is InChI=1S/C24H12N2O6S2/c27-19-13-3-1-2-4-14(13)20(28)21-18(19)17(22-23(33-21)25-24(29)34-22)16-10-9-15(32-16)11-5-7-12(8-6-11)26(30)31/h1-10,17H,(H,25,29)/t17-/m1/s1. The number of benzene rings is 2. The Morgan fingerprint density at radius 2 is 1.62 bits per heavy atom. The predicted octanol–water partition coefficient (Wildman–Crippen LogP) is 5.18. The molecule has 1 aliphatic heterocycles. The van der Waals surface area contributed by atoms with Crippen molar-refractivity contribution < 1.29 is 18.9 Å². The first-order chi connectivity index (χ1) is 16.4. The van der Waals surface area contributed by atoms with Gasteiger partial charge in [0.2, 0.25) is 5.78 Å². The Balaban J connectivity index is 1.50. The number of nitro groups is 1. The number of thiazole rings is 1. The molecular weight excluding hydrogens is 476 g/mol. The SMILES string of the molecule is O=C1C2=C(C(=O)c3ccccc31)[C@@H](c1ccc(-c3ccc([N+](=O)[O-])cc3)o1)c1sc(=O)[nH]c1S2. The summed E-state index contributed by atoms with van der Waals surface area (Å²) in [5.41, 5.74) is 1.53. The summed E-state index contributed by atoms with van der Waals surface area (Å²) in [4.78, 5) is 52.9. The minimum Gasteiger partial charge on any atom is -0.460 e. The molecule has 0 saturated carbocycles. The van der Waals surface area contributed by atoms with Gasteiger partial charge in [0.15, 0.2) is 5.78 Å². The van der Waals surface area contributed by atoms with Crippen molar-refractivity contribution >= 4 is 40.4 Å². The number of aromatic amines is 1. The number of fused-ring (bicyclic) bond motifs is 2. The highest BCUT2D eigenvalue weighted by Gasteiger charge is 2.44. The number of thioether (sulfide) groups is 1. The number of ketones is 2. The van der Waals surface area contributed by atoms with Crippen molar-refractivity contribution in [2.45, 2.75) is 10.9 Å². The lowest BCUT2D eigenvalue weighted by atomic mass is 9.81. The van der Waals surface area contributed by atoms with Crippen molar-refractivity contribution in [3.8, 4) is 11.3 Å². The van der Waals surface area contributed by atoms with Gasteiger partial charge in [-0.3, -0.25) is 24.5 Å². The number of H-pyrrole nitrogens is 1. The Bertz CT molecular complexity index is 1620. The predicted molar refractivity (Wildman–Crippen MR) is 126 cm³/mol. The molecule has 166 valence electrons. The van der Waals surface area contributed by atoms with E-state index in [4.69, 9.17) is 4.42 Å². The number of carbonyl (C=O) groups excluding carboxylic acids is 2. The summed E-state index contributed by atoms with van der Waals surface area (Å²) in [7, 11) is 0. The molecule has 0 radical (unpaired) electrons. The second-order valence-electron chi connectivity index (χ2n) is 7.70. The third-order valence-electron chi connectivity index (χ3n) is 5.78. The van der Waals surface area contributed by atoms with Gasteiger partial charge in [-0.05, 0) is 24.3 Å². The van der Waals surface area contributed by atoms with Crippen LogP contribution >= 0.6 is 23.1 Å². The first-order valence-electron chi connectivity index (χ1n) is 10.1. The van der Waals surface area contributed by atoms with E-state index < -0.39 is 10.8 Å². The van der Waals surface area contributed by atoms with E-state index in [1.54, 1.807) is 48.5 Å². The molecule has 6 rings (SSSR count). The number of carbonyl (C=O) groups is 2. The zero-order valence-electron chi connectivity index (χ0n) is 17.1. The molecule has 0 bridgehead atoms. The highest BCUT2D eigenvalue weighted by atomic mass is 32.2. The van der Waals surface area contributed by atoms with Gasteiger partial charge in [-0.1, -0.05) is 47.4 Å². The molecule has 10 heteroatoms. The van der Waals surface area contributed by atoms with Gasteiger partial charge >= 0.3 is 4.87 Å². The van der Waals surface area contributed by atoms with Crippen LogP contribution in [0.4, 0.5) is 5.69 Å². The van der Waals surface area contributed by atoms with Crippen molar-refractivity contribution in [3.63, 3.8) is 0 Å². The van der Waals surface area contributed by atoms with E-state index in [1.807, 2.05) is 0 Å². The van der Waals surface area contributed by atoms with Gasteiger partial charge in [-0.15, -0.1) is 0 Å². The average molecular weight is 489 g/mol. The van der Waals surface area contributed by atoms with Crippen LogP contribution in [-0.4, -0.2) is 21.5 Å². The fourth-order valence-corrected chi connectivity index (χ4v) is 6.49. The monoisotopic (exact) mass is 488 g/mol. The van der Waals surface area contributed by atoms with E-state index in [2.05, 4.69) is 4.98 Å². The maximum atomic E-state index is 13.6. The molecule has 1 aliphatic carbocycles. The highest BCUT2D eigenvalue weighted by molar-refractivity contribution is 8.04. The Morgan fingerprint density at radius 3 is 2.32 bits per heavy atom. The second-order valence-corrected chi connectivity index (χ2v) is 9.73. The van der Waals surface area contributed by atoms with Gasteiger partial charge in [-0.2, -0.15) is 0 Å². The van der Waals surface area contributed by atoms with E-state index in [-0.39, 0.29) is 27.0 Å². The molecule has 1 atom stereocenters. The molecule has 34 heavy (non-hydrogen) atoms. The molecule has 0 spiro atoms. The summed E-state index contributed by atoms with van der Waals surface area (Å²) in [5.74, 6) is -0.419. The average Bonchev–Trinajstić information content (AvgIpc) is 3.47. The van der Waals surface area contributed by atoms with Crippen molar-refractivity contribution in [2.75, 3.05) is 0 Å². The van der Waals surface area contributed by atoms with E-state index in [0.29, 0.717) is 43.7 Å². The number of nitrogens with zero attached hydrogens (tertiary/aromatic N) is 1. The molecule has 0 fully saturated rings. The smallest absolute Gasteiger partial charge is 0.305 e. The third kappa shape index (κ3) is 3.03. The van der Waals surface area contributed by atoms with E-state index in [9.17, 15) is 24.5 Å². The van der Waals surface area contributed by atoms with Crippen LogP contribution in [0.5, 0.6) is 0 Å². The molecule has 4 aromatic rings. The summed E-state index contributed by atoms with van der Waals surface area (Å²) < 4.78 is 6.11. The number of nitrogens with one attached hydrogen (secondary N) is 1. The van der Waals surface area contributed by atoms with Crippen LogP contribution in [0, 0.1) is 10.1 Å². The first-order valence-corrected chi connectivity index (χ1v) is 11.7. The molecule has 0 unspecified atom stereocenters. The minimum atomic E-state index is -0.730. The van der Waals surface area contributed by atoms with Gasteiger partial charge in [0.25, 0.3) is 5.69 Å². The second kappa shape index (κ2) is 7.51. The third-order valence-corrected chi connectivity index (χ3v) is 7.99. The Morgan fingerprint density at radius 1 is 0.912 bits per heavy atom. The van der Waals surface area contributed by atoms with Crippen LogP contribution in [0.3, 0.4) is 0 Å². The topological polar surface area (TPSA) is 123 Å². The van der Waals surface area contributed by atoms with Crippen LogP contribution in [-0.2, 0) is 0 Å². The van der Waals surface area contributed by atoms with Crippen LogP contribution in [0.1, 0.15) is 37.3 Å².